The first-order valence-electron chi connectivity index (χ1n) is 2.53. The van der Waals surface area contributed by atoms with E-state index in [9.17, 15) is 5.11 Å². The van der Waals surface area contributed by atoms with Gasteiger partial charge in [0.05, 0.1) is 0 Å². The van der Waals surface area contributed by atoms with Gasteiger partial charge in [0.25, 0.3) is 0 Å². The molecule has 0 atom stereocenters. The second-order valence-corrected chi connectivity index (χ2v) is 1.77. The van der Waals surface area contributed by atoms with Gasteiger partial charge in [0.2, 0.25) is 0 Å². The summed E-state index contributed by atoms with van der Waals surface area (Å²) in [7, 11) is 0. The predicted octanol–water partition coefficient (Wildman–Crippen LogP) is -1.93. The number of para-hydroxylation sites is 1. The number of hydrogen-bond acceptors (Lipinski definition) is 1. The molecule has 1 aromatic rings. The number of hydrogen-bond donors (Lipinski definition) is 0. The molecule has 0 saturated heterocycles. The van der Waals surface area contributed by atoms with Gasteiger partial charge in [-0.1, -0.05) is 29.8 Å². The summed E-state index contributed by atoms with van der Waals surface area (Å²) in [5, 5.41) is 10.6. The van der Waals surface area contributed by atoms with E-state index in [2.05, 4.69) is 0 Å². The van der Waals surface area contributed by atoms with Gasteiger partial charge in [-0.2, -0.15) is 0 Å². The molecule has 50 valence electrons. The largest absolute Gasteiger partial charge is 1.00 e. The maximum Gasteiger partial charge on any atom is -0.0404 e. The topological polar surface area (TPSA) is 23.1 Å². The van der Waals surface area contributed by atoms with Crippen molar-refractivity contribution in [2.24, 2.45) is 0 Å². The molecule has 0 unspecified atom stereocenters. The molecule has 0 radical (unpaired) electrons. The Morgan fingerprint density at radius 1 is 1.22 bits per heavy atom. The van der Waals surface area contributed by atoms with Gasteiger partial charge in [-0.3, -0.25) is 0 Å². The molecule has 2 heteroatoms. The number of benzene rings is 1. The Kier molecular flexibility index (Phi) is 3.10. The zero-order chi connectivity index (χ0) is 5.98. The van der Waals surface area contributed by atoms with Crippen LogP contribution in [0.3, 0.4) is 0 Å². The molecule has 0 aliphatic carbocycles. The number of rotatable bonds is 0. The molecule has 0 aliphatic rings. The Labute approximate surface area is 60.7 Å². The zero-order valence-electron chi connectivity index (χ0n) is 5.10. The Morgan fingerprint density at radius 2 is 1.78 bits per heavy atom. The minimum Gasteiger partial charge on any atom is -1.00 e. The van der Waals surface area contributed by atoms with E-state index >= 15 is 0 Å². The second kappa shape index (κ2) is 3.36. The molecule has 0 aliphatic heterocycles. The highest BCUT2D eigenvalue weighted by molar-refractivity contribution is 5.28. The predicted molar refractivity (Wildman–Crippen MR) is 30.6 cm³/mol. The van der Waals surface area contributed by atoms with Crippen LogP contribution in [0.15, 0.2) is 24.3 Å². The van der Waals surface area contributed by atoms with Crippen molar-refractivity contribution in [3.05, 3.63) is 29.8 Å². The van der Waals surface area contributed by atoms with Crippen molar-refractivity contribution in [3.63, 3.8) is 0 Å². The summed E-state index contributed by atoms with van der Waals surface area (Å²) in [4.78, 5) is 0. The van der Waals surface area contributed by atoms with Gasteiger partial charge in [-0.05, 0) is 6.92 Å². The lowest BCUT2D eigenvalue weighted by Gasteiger charge is -2.06. The fourth-order valence-corrected chi connectivity index (χ4v) is 0.556. The summed E-state index contributed by atoms with van der Waals surface area (Å²) >= 11 is 0. The average molecular weight is 143 g/mol. The van der Waals surface area contributed by atoms with Gasteiger partial charge >= 0.3 is 0 Å². The van der Waals surface area contributed by atoms with Crippen LogP contribution in [-0.2, 0) is 0 Å². The van der Waals surface area contributed by atoms with E-state index < -0.39 is 0 Å². The van der Waals surface area contributed by atoms with Crippen molar-refractivity contribution in [1.29, 1.82) is 0 Å². The van der Waals surface area contributed by atoms with Crippen LogP contribution in [0.1, 0.15) is 5.56 Å². The molecule has 0 fully saturated rings. The Morgan fingerprint density at radius 3 is 2.11 bits per heavy atom. The lowest BCUT2D eigenvalue weighted by molar-refractivity contribution is -0.269. The SMILES string of the molecule is Cc1ccccc1[O-].[Cl-]. The van der Waals surface area contributed by atoms with Crippen molar-refractivity contribution in [1.82, 2.24) is 0 Å². The number of aryl methyl sites for hydroxylation is 1. The minimum absolute atomic E-state index is 0. The zero-order valence-corrected chi connectivity index (χ0v) is 5.85. The van der Waals surface area contributed by atoms with Crippen molar-refractivity contribution in [2.45, 2.75) is 6.92 Å². The molecular weight excluding hydrogens is 136 g/mol. The Bertz CT molecular complexity index is 165. The summed E-state index contributed by atoms with van der Waals surface area (Å²) in [6.07, 6.45) is 0. The first-order chi connectivity index (χ1) is 3.80. The third kappa shape index (κ3) is 1.94. The summed E-state index contributed by atoms with van der Waals surface area (Å²) < 4.78 is 0. The van der Waals surface area contributed by atoms with Crippen LogP contribution >= 0.6 is 0 Å². The molecule has 0 N–H and O–H groups in total. The van der Waals surface area contributed by atoms with Gasteiger partial charge in [0.15, 0.2) is 0 Å². The molecule has 0 bridgehead atoms. The van der Waals surface area contributed by atoms with E-state index in [0.717, 1.165) is 5.56 Å². The quantitative estimate of drug-likeness (QED) is 0.414. The molecule has 0 spiro atoms. The van der Waals surface area contributed by atoms with Crippen LogP contribution in [-0.4, -0.2) is 0 Å². The van der Waals surface area contributed by atoms with Crippen molar-refractivity contribution in [2.75, 3.05) is 0 Å². The normalized spacial score (nSPS) is 8.11. The molecule has 1 rings (SSSR count). The van der Waals surface area contributed by atoms with Crippen LogP contribution in [0.25, 0.3) is 0 Å². The van der Waals surface area contributed by atoms with Crippen molar-refractivity contribution in [3.8, 4) is 5.75 Å². The second-order valence-electron chi connectivity index (χ2n) is 1.77. The summed E-state index contributed by atoms with van der Waals surface area (Å²) in [6.45, 7) is 1.81. The van der Waals surface area contributed by atoms with Crippen LogP contribution in [0, 0.1) is 6.92 Å². The van der Waals surface area contributed by atoms with E-state index in [4.69, 9.17) is 0 Å². The monoisotopic (exact) mass is 142 g/mol. The smallest absolute Gasteiger partial charge is 0.0404 e. The molecule has 9 heavy (non-hydrogen) atoms. The average Bonchev–Trinajstić information content (AvgIpc) is 1.77. The first kappa shape index (κ1) is 8.31. The van der Waals surface area contributed by atoms with E-state index in [1.165, 1.54) is 0 Å². The lowest BCUT2D eigenvalue weighted by Crippen LogP contribution is -3.00. The summed E-state index contributed by atoms with van der Waals surface area (Å²) in [5.74, 6) is 0.118. The standard InChI is InChI=1S/C7H8O.ClH/c1-6-4-2-3-5-7(6)8;/h2-5,8H,1H3;1H/p-2. The Hall–Kier alpha value is -0.690. The van der Waals surface area contributed by atoms with Gasteiger partial charge in [-0.25, -0.2) is 0 Å². The van der Waals surface area contributed by atoms with Crippen LogP contribution in [0.5, 0.6) is 5.75 Å². The molecule has 0 saturated carbocycles. The fourth-order valence-electron chi connectivity index (χ4n) is 0.556. The lowest BCUT2D eigenvalue weighted by atomic mass is 10.2. The number of halogens is 1. The third-order valence-corrected chi connectivity index (χ3v) is 1.09. The maximum absolute atomic E-state index is 10.6. The molecule has 1 aromatic carbocycles. The molecule has 0 amide bonds. The highest BCUT2D eigenvalue weighted by Gasteiger charge is 1.78. The summed E-state index contributed by atoms with van der Waals surface area (Å²) in [6, 6.07) is 6.98. The molecular formula is C7H7ClO-2. The van der Waals surface area contributed by atoms with Gasteiger partial charge in [0, 0.05) is 0 Å². The van der Waals surface area contributed by atoms with E-state index in [0.29, 0.717) is 0 Å². The third-order valence-electron chi connectivity index (χ3n) is 1.09. The molecule has 0 heterocycles. The van der Waals surface area contributed by atoms with E-state index in [1.54, 1.807) is 12.1 Å². The van der Waals surface area contributed by atoms with E-state index in [1.807, 2.05) is 19.1 Å². The minimum atomic E-state index is 0. The first-order valence-corrected chi connectivity index (χ1v) is 2.53. The Balaban J connectivity index is 0.000000640. The van der Waals surface area contributed by atoms with Crippen molar-refractivity contribution >= 4 is 0 Å². The van der Waals surface area contributed by atoms with Gasteiger partial charge < -0.3 is 17.5 Å². The van der Waals surface area contributed by atoms with Crippen LogP contribution < -0.4 is 17.5 Å². The fraction of sp³-hybridized carbons (Fsp3) is 0.143. The summed E-state index contributed by atoms with van der Waals surface area (Å²) in [5.41, 5.74) is 0.813. The van der Waals surface area contributed by atoms with Crippen molar-refractivity contribution < 1.29 is 17.5 Å². The maximum atomic E-state index is 10.6. The highest BCUT2D eigenvalue weighted by Crippen LogP contribution is 2.08. The molecule has 0 aromatic heterocycles. The van der Waals surface area contributed by atoms with E-state index in [-0.39, 0.29) is 18.2 Å². The molecule has 1 nitrogen and oxygen atoms in total. The van der Waals surface area contributed by atoms with Crippen LogP contribution in [0.4, 0.5) is 0 Å². The van der Waals surface area contributed by atoms with Gasteiger partial charge in [0.1, 0.15) is 0 Å². The van der Waals surface area contributed by atoms with Crippen LogP contribution in [0.2, 0.25) is 0 Å². The van der Waals surface area contributed by atoms with Gasteiger partial charge in [-0.15, -0.1) is 5.75 Å². The highest BCUT2D eigenvalue weighted by atomic mass is 35.5.